The first-order valence-corrected chi connectivity index (χ1v) is 8.10. The number of aromatic amines is 1. The Balaban J connectivity index is 2.35. The van der Waals surface area contributed by atoms with Crippen LogP contribution in [0.5, 0.6) is 0 Å². The maximum absolute atomic E-state index is 12.4. The van der Waals surface area contributed by atoms with Gasteiger partial charge in [-0.1, -0.05) is 20.8 Å². The molecule has 0 aliphatic rings. The second kappa shape index (κ2) is 5.10. The van der Waals surface area contributed by atoms with E-state index in [1.807, 2.05) is 20.8 Å². The van der Waals surface area contributed by atoms with Gasteiger partial charge < -0.3 is 10.7 Å². The molecule has 20 heavy (non-hydrogen) atoms. The van der Waals surface area contributed by atoms with E-state index in [1.54, 1.807) is 18.2 Å². The van der Waals surface area contributed by atoms with E-state index in [-0.39, 0.29) is 10.3 Å². The Labute approximate surface area is 119 Å². The lowest BCUT2D eigenvalue weighted by molar-refractivity contribution is 0.350. The van der Waals surface area contributed by atoms with Gasteiger partial charge in [-0.2, -0.15) is 0 Å². The van der Waals surface area contributed by atoms with Crippen LogP contribution >= 0.6 is 0 Å². The molecule has 0 aliphatic carbocycles. The molecule has 0 atom stereocenters. The van der Waals surface area contributed by atoms with Crippen LogP contribution in [-0.2, 0) is 10.0 Å². The molecule has 0 unspecified atom stereocenters. The van der Waals surface area contributed by atoms with E-state index in [0.29, 0.717) is 17.6 Å². The highest BCUT2D eigenvalue weighted by Gasteiger charge is 2.23. The first kappa shape index (κ1) is 14.9. The van der Waals surface area contributed by atoms with Gasteiger partial charge in [-0.15, -0.1) is 0 Å². The van der Waals surface area contributed by atoms with Crippen LogP contribution in [0.1, 0.15) is 27.2 Å². The Hall–Kier alpha value is -1.53. The number of hydrogen-bond donors (Lipinski definition) is 3. The molecule has 110 valence electrons. The normalized spacial score (nSPS) is 12.9. The van der Waals surface area contributed by atoms with E-state index in [2.05, 4.69) is 9.71 Å². The summed E-state index contributed by atoms with van der Waals surface area (Å²) in [4.78, 5) is 3.20. The molecule has 0 saturated heterocycles. The number of benzene rings is 1. The van der Waals surface area contributed by atoms with Crippen molar-refractivity contribution in [3.05, 3.63) is 24.4 Å². The highest BCUT2D eigenvalue weighted by atomic mass is 32.2. The molecule has 6 heteroatoms. The number of nitrogens with two attached hydrogens (primary N) is 1. The van der Waals surface area contributed by atoms with Crippen LogP contribution in [0.2, 0.25) is 0 Å². The minimum Gasteiger partial charge on any atom is -0.399 e. The first-order chi connectivity index (χ1) is 9.25. The van der Waals surface area contributed by atoms with E-state index in [4.69, 9.17) is 5.73 Å². The van der Waals surface area contributed by atoms with Crippen molar-refractivity contribution in [3.8, 4) is 0 Å². The molecule has 0 bridgehead atoms. The highest BCUT2D eigenvalue weighted by Crippen LogP contribution is 2.25. The average molecular weight is 295 g/mol. The van der Waals surface area contributed by atoms with E-state index >= 15 is 0 Å². The Bertz CT molecular complexity index is 717. The number of nitrogens with one attached hydrogen (secondary N) is 2. The molecule has 2 aromatic rings. The fourth-order valence-electron chi connectivity index (χ4n) is 1.83. The molecule has 0 aliphatic heterocycles. The Morgan fingerprint density at radius 3 is 2.70 bits per heavy atom. The quantitative estimate of drug-likeness (QED) is 0.740. The third kappa shape index (κ3) is 2.96. The van der Waals surface area contributed by atoms with Gasteiger partial charge in [-0.05, 0) is 30.0 Å². The van der Waals surface area contributed by atoms with Gasteiger partial charge in [0.25, 0.3) is 0 Å². The van der Waals surface area contributed by atoms with Crippen LogP contribution in [0, 0.1) is 5.41 Å². The van der Waals surface area contributed by atoms with Gasteiger partial charge in [0.1, 0.15) is 4.90 Å². The molecule has 0 fully saturated rings. The van der Waals surface area contributed by atoms with Gasteiger partial charge in [0, 0.05) is 29.3 Å². The summed E-state index contributed by atoms with van der Waals surface area (Å²) < 4.78 is 27.5. The summed E-state index contributed by atoms with van der Waals surface area (Å²) in [6, 6.07) is 5.19. The molecule has 2 rings (SSSR count). The van der Waals surface area contributed by atoms with Gasteiger partial charge in [0.2, 0.25) is 10.0 Å². The molecular formula is C14H21N3O2S. The zero-order valence-electron chi connectivity index (χ0n) is 12.0. The van der Waals surface area contributed by atoms with Crippen molar-refractivity contribution in [1.29, 1.82) is 0 Å². The number of hydrogen-bond acceptors (Lipinski definition) is 3. The van der Waals surface area contributed by atoms with Crippen molar-refractivity contribution in [1.82, 2.24) is 9.71 Å². The summed E-state index contributed by atoms with van der Waals surface area (Å²) in [5.41, 5.74) is 6.96. The van der Waals surface area contributed by atoms with Crippen LogP contribution < -0.4 is 10.5 Å². The third-order valence-corrected chi connectivity index (χ3v) is 5.10. The van der Waals surface area contributed by atoms with Crippen molar-refractivity contribution in [3.63, 3.8) is 0 Å². The average Bonchev–Trinajstić information content (AvgIpc) is 2.80. The van der Waals surface area contributed by atoms with Crippen LogP contribution in [-0.4, -0.2) is 19.9 Å². The highest BCUT2D eigenvalue weighted by molar-refractivity contribution is 7.89. The maximum atomic E-state index is 12.4. The molecule has 0 amide bonds. The molecule has 1 aromatic carbocycles. The summed E-state index contributed by atoms with van der Waals surface area (Å²) in [5.74, 6) is 0. The topological polar surface area (TPSA) is 88.0 Å². The van der Waals surface area contributed by atoms with Crippen molar-refractivity contribution in [2.45, 2.75) is 32.1 Å². The number of rotatable bonds is 5. The number of sulfonamides is 1. The number of fused-ring (bicyclic) bond motifs is 1. The molecule has 1 heterocycles. The summed E-state index contributed by atoms with van der Waals surface area (Å²) in [6.45, 7) is 6.51. The molecule has 0 saturated carbocycles. The van der Waals surface area contributed by atoms with Crippen LogP contribution in [0.15, 0.2) is 29.3 Å². The minimum atomic E-state index is -3.54. The SMILES string of the molecule is CCC(C)(C)CNS(=O)(=O)c1c[nH]c2ccc(N)cc12. The number of aromatic nitrogens is 1. The fraction of sp³-hybridized carbons (Fsp3) is 0.429. The molecule has 4 N–H and O–H groups in total. The molecule has 0 radical (unpaired) electrons. The largest absolute Gasteiger partial charge is 0.399 e. The van der Waals surface area contributed by atoms with Crippen LogP contribution in [0.3, 0.4) is 0 Å². The predicted molar refractivity (Wildman–Crippen MR) is 82.0 cm³/mol. The lowest BCUT2D eigenvalue weighted by Gasteiger charge is -2.22. The van der Waals surface area contributed by atoms with Crippen LogP contribution in [0.4, 0.5) is 5.69 Å². The Morgan fingerprint density at radius 2 is 2.05 bits per heavy atom. The van der Waals surface area contributed by atoms with Crippen molar-refractivity contribution in [2.75, 3.05) is 12.3 Å². The molecule has 1 aromatic heterocycles. The predicted octanol–water partition coefficient (Wildman–Crippen LogP) is 2.46. The van der Waals surface area contributed by atoms with Gasteiger partial charge in [0.15, 0.2) is 0 Å². The number of H-pyrrole nitrogens is 1. The van der Waals surface area contributed by atoms with Gasteiger partial charge in [-0.3, -0.25) is 0 Å². The Kier molecular flexibility index (Phi) is 3.80. The molecule has 0 spiro atoms. The first-order valence-electron chi connectivity index (χ1n) is 6.61. The molecular weight excluding hydrogens is 274 g/mol. The summed E-state index contributed by atoms with van der Waals surface area (Å²) in [6.07, 6.45) is 2.40. The van der Waals surface area contributed by atoms with E-state index in [0.717, 1.165) is 11.9 Å². The maximum Gasteiger partial charge on any atom is 0.242 e. The van der Waals surface area contributed by atoms with Crippen LogP contribution in [0.25, 0.3) is 10.9 Å². The van der Waals surface area contributed by atoms with Gasteiger partial charge in [-0.25, -0.2) is 13.1 Å². The van der Waals surface area contributed by atoms with E-state index < -0.39 is 10.0 Å². The monoisotopic (exact) mass is 295 g/mol. The summed E-state index contributed by atoms with van der Waals surface area (Å²) in [7, 11) is -3.54. The third-order valence-electron chi connectivity index (χ3n) is 3.66. The second-order valence-electron chi connectivity index (χ2n) is 5.80. The zero-order valence-corrected chi connectivity index (χ0v) is 12.8. The number of nitrogen functional groups attached to an aromatic ring is 1. The van der Waals surface area contributed by atoms with Gasteiger partial charge in [0.05, 0.1) is 0 Å². The van der Waals surface area contributed by atoms with Crippen molar-refractivity contribution >= 4 is 26.6 Å². The standard InChI is InChI=1S/C14H21N3O2S/c1-4-14(2,3)9-17-20(18,19)13-8-16-12-6-5-10(15)7-11(12)13/h5-8,16-17H,4,9,15H2,1-3H3. The minimum absolute atomic E-state index is 0.0712. The zero-order chi connectivity index (χ0) is 15.0. The van der Waals surface area contributed by atoms with Gasteiger partial charge >= 0.3 is 0 Å². The van der Waals surface area contributed by atoms with Crippen molar-refractivity contribution < 1.29 is 8.42 Å². The fourth-order valence-corrected chi connectivity index (χ4v) is 3.24. The summed E-state index contributed by atoms with van der Waals surface area (Å²) >= 11 is 0. The number of anilines is 1. The lowest BCUT2D eigenvalue weighted by atomic mass is 9.91. The summed E-state index contributed by atoms with van der Waals surface area (Å²) in [5, 5.41) is 0.617. The smallest absolute Gasteiger partial charge is 0.242 e. The van der Waals surface area contributed by atoms with Crippen molar-refractivity contribution in [2.24, 2.45) is 5.41 Å². The molecule has 5 nitrogen and oxygen atoms in total. The van der Waals surface area contributed by atoms with E-state index in [9.17, 15) is 8.42 Å². The second-order valence-corrected chi connectivity index (χ2v) is 7.54. The van der Waals surface area contributed by atoms with E-state index in [1.165, 1.54) is 6.20 Å². The lowest BCUT2D eigenvalue weighted by Crippen LogP contribution is -2.33. The Morgan fingerprint density at radius 1 is 1.35 bits per heavy atom.